The summed E-state index contributed by atoms with van der Waals surface area (Å²) in [6.07, 6.45) is 4.19. The predicted octanol–water partition coefficient (Wildman–Crippen LogP) is 1.02. The van der Waals surface area contributed by atoms with Crippen molar-refractivity contribution in [1.82, 2.24) is 14.3 Å². The van der Waals surface area contributed by atoms with E-state index in [9.17, 15) is 18.0 Å². The van der Waals surface area contributed by atoms with E-state index in [4.69, 9.17) is 4.74 Å². The first-order valence-corrected chi connectivity index (χ1v) is 10.3. The van der Waals surface area contributed by atoms with E-state index >= 15 is 0 Å². The molecule has 140 valence electrons. The summed E-state index contributed by atoms with van der Waals surface area (Å²) in [7, 11) is -1.62. The standard InChI is InChI=1S/C17H21N3O5S/c1-3-25-16(22)13-12-6-9-20(15(21)14(12)19(2)18-13)10-17(7-8-17)26(23,24)11-4-5-11/h6,9,11H,3-5,7-8,10H2,1-2H3. The van der Waals surface area contributed by atoms with E-state index in [1.54, 1.807) is 26.2 Å². The van der Waals surface area contributed by atoms with Crippen molar-refractivity contribution in [3.05, 3.63) is 28.3 Å². The van der Waals surface area contributed by atoms with Crippen LogP contribution in [0.1, 0.15) is 43.1 Å². The molecule has 0 radical (unpaired) electrons. The van der Waals surface area contributed by atoms with Crippen LogP contribution in [0.4, 0.5) is 0 Å². The Hall–Kier alpha value is -2.16. The smallest absolute Gasteiger partial charge is 0.359 e. The SMILES string of the molecule is CCOC(=O)c1nn(C)c2c(=O)n(CC3(S(=O)(=O)C4CC4)CC3)ccc12. The molecule has 2 aromatic heterocycles. The first kappa shape index (κ1) is 17.3. The Morgan fingerprint density at radius 2 is 2.08 bits per heavy atom. The van der Waals surface area contributed by atoms with Crippen LogP contribution in [-0.4, -0.2) is 45.3 Å². The molecule has 0 aliphatic heterocycles. The zero-order chi connectivity index (χ0) is 18.7. The van der Waals surface area contributed by atoms with Gasteiger partial charge in [-0.25, -0.2) is 13.2 Å². The van der Waals surface area contributed by atoms with Gasteiger partial charge in [-0.1, -0.05) is 0 Å². The van der Waals surface area contributed by atoms with Crippen molar-refractivity contribution in [2.24, 2.45) is 7.05 Å². The van der Waals surface area contributed by atoms with Gasteiger partial charge in [0.25, 0.3) is 5.56 Å². The van der Waals surface area contributed by atoms with E-state index < -0.39 is 20.6 Å². The average molecular weight is 379 g/mol. The molecule has 0 N–H and O–H groups in total. The van der Waals surface area contributed by atoms with Crippen molar-refractivity contribution < 1.29 is 17.9 Å². The molecule has 8 nitrogen and oxygen atoms in total. The van der Waals surface area contributed by atoms with Gasteiger partial charge in [-0.05, 0) is 38.7 Å². The minimum absolute atomic E-state index is 0.0975. The van der Waals surface area contributed by atoms with Crippen LogP contribution < -0.4 is 5.56 Å². The van der Waals surface area contributed by atoms with Crippen molar-refractivity contribution in [3.8, 4) is 0 Å². The Kier molecular flexibility index (Phi) is 3.76. The van der Waals surface area contributed by atoms with Crippen molar-refractivity contribution in [2.75, 3.05) is 6.61 Å². The number of rotatable bonds is 6. The number of hydrogen-bond acceptors (Lipinski definition) is 6. The van der Waals surface area contributed by atoms with E-state index in [0.717, 1.165) is 12.8 Å². The number of sulfone groups is 1. The minimum atomic E-state index is -3.20. The molecular formula is C17H21N3O5S. The Bertz CT molecular complexity index is 1060. The number of pyridine rings is 1. The molecule has 0 bridgehead atoms. The highest BCUT2D eigenvalue weighted by Gasteiger charge is 2.59. The molecule has 2 heterocycles. The van der Waals surface area contributed by atoms with Crippen LogP contribution in [0.25, 0.3) is 10.9 Å². The summed E-state index contributed by atoms with van der Waals surface area (Å²) in [6, 6.07) is 1.63. The van der Waals surface area contributed by atoms with Gasteiger partial charge < -0.3 is 9.30 Å². The molecule has 0 saturated heterocycles. The molecule has 2 aromatic rings. The Balaban J connectivity index is 1.74. The van der Waals surface area contributed by atoms with E-state index in [1.165, 1.54) is 9.25 Å². The van der Waals surface area contributed by atoms with Gasteiger partial charge in [0.1, 0.15) is 5.52 Å². The van der Waals surface area contributed by atoms with Crippen LogP contribution in [-0.2, 0) is 28.2 Å². The lowest BCUT2D eigenvalue weighted by Crippen LogP contribution is -2.35. The number of aryl methyl sites for hydroxylation is 1. The maximum Gasteiger partial charge on any atom is 0.359 e. The van der Waals surface area contributed by atoms with Gasteiger partial charge in [-0.2, -0.15) is 5.10 Å². The Morgan fingerprint density at radius 3 is 2.65 bits per heavy atom. The van der Waals surface area contributed by atoms with Crippen molar-refractivity contribution >= 4 is 26.7 Å². The highest BCUT2D eigenvalue weighted by molar-refractivity contribution is 7.94. The summed E-state index contributed by atoms with van der Waals surface area (Å²) in [6.45, 7) is 2.07. The lowest BCUT2D eigenvalue weighted by Gasteiger charge is -2.17. The summed E-state index contributed by atoms with van der Waals surface area (Å²) in [5.74, 6) is -0.578. The van der Waals surface area contributed by atoms with E-state index in [-0.39, 0.29) is 35.2 Å². The Labute approximate surface area is 150 Å². The maximum atomic E-state index is 12.9. The van der Waals surface area contributed by atoms with Crippen LogP contribution >= 0.6 is 0 Å². The van der Waals surface area contributed by atoms with Gasteiger partial charge in [0.2, 0.25) is 0 Å². The predicted molar refractivity (Wildman–Crippen MR) is 94.8 cm³/mol. The normalized spacial score (nSPS) is 18.8. The molecule has 2 aliphatic rings. The lowest BCUT2D eigenvalue weighted by atomic mass is 10.2. The maximum absolute atomic E-state index is 12.9. The molecule has 0 amide bonds. The zero-order valence-corrected chi connectivity index (χ0v) is 15.6. The number of carbonyl (C=O) groups is 1. The highest BCUT2D eigenvalue weighted by atomic mass is 32.2. The molecule has 2 saturated carbocycles. The lowest BCUT2D eigenvalue weighted by molar-refractivity contribution is 0.0521. The average Bonchev–Trinajstić information content (AvgIpc) is 3.49. The van der Waals surface area contributed by atoms with Crippen LogP contribution in [0.5, 0.6) is 0 Å². The Morgan fingerprint density at radius 1 is 1.38 bits per heavy atom. The number of hydrogen-bond donors (Lipinski definition) is 0. The fourth-order valence-electron chi connectivity index (χ4n) is 3.51. The third kappa shape index (κ3) is 2.48. The number of ether oxygens (including phenoxy) is 1. The monoisotopic (exact) mass is 379 g/mol. The molecule has 9 heteroatoms. The number of esters is 1. The quantitative estimate of drug-likeness (QED) is 0.695. The highest BCUT2D eigenvalue weighted by Crippen LogP contribution is 2.51. The number of aromatic nitrogens is 3. The summed E-state index contributed by atoms with van der Waals surface area (Å²) >= 11 is 0. The summed E-state index contributed by atoms with van der Waals surface area (Å²) in [5.41, 5.74) is 0.0285. The molecular weight excluding hydrogens is 358 g/mol. The first-order valence-electron chi connectivity index (χ1n) is 8.77. The van der Waals surface area contributed by atoms with E-state index in [2.05, 4.69) is 5.10 Å². The molecule has 4 rings (SSSR count). The van der Waals surface area contributed by atoms with E-state index in [1.807, 2.05) is 0 Å². The third-order valence-corrected chi connectivity index (χ3v) is 8.36. The largest absolute Gasteiger partial charge is 0.461 e. The fraction of sp³-hybridized carbons (Fsp3) is 0.588. The van der Waals surface area contributed by atoms with Crippen molar-refractivity contribution in [2.45, 2.75) is 49.1 Å². The first-order chi connectivity index (χ1) is 12.3. The van der Waals surface area contributed by atoms with Crippen LogP contribution in [0, 0.1) is 0 Å². The molecule has 0 atom stereocenters. The van der Waals surface area contributed by atoms with Crippen LogP contribution in [0.2, 0.25) is 0 Å². The number of fused-ring (bicyclic) bond motifs is 1. The van der Waals surface area contributed by atoms with Crippen molar-refractivity contribution in [3.63, 3.8) is 0 Å². The summed E-state index contributed by atoms with van der Waals surface area (Å²) in [5, 5.41) is 4.30. The molecule has 0 unspecified atom stereocenters. The molecule has 0 aromatic carbocycles. The number of nitrogens with zero attached hydrogens (tertiary/aromatic N) is 3. The second-order valence-electron chi connectivity index (χ2n) is 7.13. The molecule has 26 heavy (non-hydrogen) atoms. The minimum Gasteiger partial charge on any atom is -0.461 e. The van der Waals surface area contributed by atoms with Gasteiger partial charge in [0, 0.05) is 25.2 Å². The summed E-state index contributed by atoms with van der Waals surface area (Å²) < 4.78 is 32.4. The molecule has 2 fully saturated rings. The molecule has 2 aliphatic carbocycles. The summed E-state index contributed by atoms with van der Waals surface area (Å²) in [4.78, 5) is 25.0. The van der Waals surface area contributed by atoms with Crippen molar-refractivity contribution in [1.29, 1.82) is 0 Å². The second kappa shape index (κ2) is 5.67. The van der Waals surface area contributed by atoms with Crippen LogP contribution in [0.3, 0.4) is 0 Å². The topological polar surface area (TPSA) is 100 Å². The van der Waals surface area contributed by atoms with Gasteiger partial charge in [0.05, 0.1) is 16.6 Å². The van der Waals surface area contributed by atoms with Gasteiger partial charge in [-0.15, -0.1) is 0 Å². The fourth-order valence-corrected chi connectivity index (χ4v) is 5.96. The zero-order valence-electron chi connectivity index (χ0n) is 14.8. The molecule has 0 spiro atoms. The van der Waals surface area contributed by atoms with Gasteiger partial charge in [-0.3, -0.25) is 9.48 Å². The van der Waals surface area contributed by atoms with E-state index in [0.29, 0.717) is 18.2 Å². The van der Waals surface area contributed by atoms with Gasteiger partial charge >= 0.3 is 5.97 Å². The third-order valence-electron chi connectivity index (χ3n) is 5.27. The second-order valence-corrected chi connectivity index (χ2v) is 9.75. The van der Waals surface area contributed by atoms with Crippen LogP contribution in [0.15, 0.2) is 17.1 Å². The number of carbonyl (C=O) groups excluding carboxylic acids is 1. The van der Waals surface area contributed by atoms with Gasteiger partial charge in [0.15, 0.2) is 15.5 Å².